The number of carbonyl (C=O) groups is 1. The van der Waals surface area contributed by atoms with Gasteiger partial charge in [0.2, 0.25) is 5.91 Å². The number of nitrogens with zero attached hydrogens (tertiary/aromatic N) is 6. The van der Waals surface area contributed by atoms with Crippen molar-refractivity contribution in [2.75, 3.05) is 33.3 Å². The number of hydrogen-bond donors (Lipinski definition) is 1. The fourth-order valence-electron chi connectivity index (χ4n) is 6.99. The lowest BCUT2D eigenvalue weighted by atomic mass is 9.79. The summed E-state index contributed by atoms with van der Waals surface area (Å²) in [5.41, 5.74) is 1.31. The highest BCUT2D eigenvalue weighted by Gasteiger charge is 2.41. The highest BCUT2D eigenvalue weighted by atomic mass is 32.1. The van der Waals surface area contributed by atoms with Gasteiger partial charge in [0.05, 0.1) is 31.2 Å². The summed E-state index contributed by atoms with van der Waals surface area (Å²) in [6.45, 7) is 3.48. The molecule has 2 fully saturated rings. The van der Waals surface area contributed by atoms with Gasteiger partial charge in [0.1, 0.15) is 17.1 Å². The number of carbonyl (C=O) groups excluding carboxylic acids is 1. The molecule has 7 rings (SSSR count). The fourth-order valence-corrected chi connectivity index (χ4v) is 7.65. The van der Waals surface area contributed by atoms with E-state index in [0.29, 0.717) is 37.0 Å². The number of methoxy groups -OCH3 is 1. The maximum atomic E-state index is 14.0. The molecule has 1 amide bonds. The number of rotatable bonds is 8. The summed E-state index contributed by atoms with van der Waals surface area (Å²) >= 11 is 1.66. The Balaban J connectivity index is 1.02. The smallest absolute Gasteiger partial charge is 0.262 e. The molecule has 0 radical (unpaired) electrons. The van der Waals surface area contributed by atoms with Gasteiger partial charge in [-0.1, -0.05) is 30.3 Å². The zero-order valence-corrected chi connectivity index (χ0v) is 26.7. The first-order chi connectivity index (χ1) is 22.4. The van der Waals surface area contributed by atoms with Crippen LogP contribution in [-0.4, -0.2) is 78.8 Å². The largest absolute Gasteiger partial charge is 0.497 e. The van der Waals surface area contributed by atoms with E-state index >= 15 is 0 Å². The minimum absolute atomic E-state index is 0.0878. The third-order valence-electron chi connectivity index (χ3n) is 9.58. The monoisotopic (exact) mass is 638 g/mol. The first-order valence-electron chi connectivity index (χ1n) is 15.8. The number of amides is 1. The third kappa shape index (κ3) is 6.10. The van der Waals surface area contributed by atoms with E-state index in [-0.39, 0.29) is 29.8 Å². The van der Waals surface area contributed by atoms with Gasteiger partial charge in [-0.25, -0.2) is 9.97 Å². The van der Waals surface area contributed by atoms with Crippen molar-refractivity contribution in [3.05, 3.63) is 106 Å². The van der Waals surface area contributed by atoms with Crippen molar-refractivity contribution >= 4 is 28.3 Å². The van der Waals surface area contributed by atoms with Crippen LogP contribution in [0.15, 0.2) is 89.6 Å². The number of fused-ring (bicyclic) bond motifs is 1. The van der Waals surface area contributed by atoms with E-state index in [1.807, 2.05) is 69.7 Å². The number of ether oxygens (including phenoxy) is 1. The van der Waals surface area contributed by atoms with E-state index < -0.39 is 5.60 Å². The molecule has 3 aromatic heterocycles. The van der Waals surface area contributed by atoms with Gasteiger partial charge in [0, 0.05) is 54.9 Å². The Morgan fingerprint density at radius 3 is 2.54 bits per heavy atom. The van der Waals surface area contributed by atoms with Crippen LogP contribution in [0.5, 0.6) is 5.75 Å². The molecule has 2 aliphatic rings. The van der Waals surface area contributed by atoms with Crippen LogP contribution in [-0.2, 0) is 17.9 Å². The van der Waals surface area contributed by atoms with E-state index in [0.717, 1.165) is 42.5 Å². The van der Waals surface area contributed by atoms with Crippen molar-refractivity contribution < 1.29 is 14.6 Å². The molecule has 5 aromatic rings. The van der Waals surface area contributed by atoms with Gasteiger partial charge in [-0.2, -0.15) is 0 Å². The zero-order valence-electron chi connectivity index (χ0n) is 25.9. The third-order valence-corrected chi connectivity index (χ3v) is 10.3. The van der Waals surface area contributed by atoms with Crippen LogP contribution in [0.25, 0.3) is 16.7 Å². The Kier molecular flexibility index (Phi) is 8.46. The average molecular weight is 639 g/mol. The molecule has 2 aromatic carbocycles. The lowest BCUT2D eigenvalue weighted by Gasteiger charge is -2.43. The highest BCUT2D eigenvalue weighted by molar-refractivity contribution is 7.09. The Labute approximate surface area is 271 Å². The number of benzene rings is 2. The summed E-state index contributed by atoms with van der Waals surface area (Å²) in [4.78, 5) is 40.9. The maximum Gasteiger partial charge on any atom is 0.262 e. The second-order valence-corrected chi connectivity index (χ2v) is 13.4. The number of hydrogen-bond acceptors (Lipinski definition) is 8. The van der Waals surface area contributed by atoms with Gasteiger partial charge in [0.25, 0.3) is 5.56 Å². The molecule has 0 bridgehead atoms. The van der Waals surface area contributed by atoms with Crippen LogP contribution in [0.4, 0.5) is 0 Å². The summed E-state index contributed by atoms with van der Waals surface area (Å²) < 4.78 is 8.63. The Morgan fingerprint density at radius 1 is 1.04 bits per heavy atom. The minimum Gasteiger partial charge on any atom is -0.497 e. The molecule has 2 atom stereocenters. The quantitative estimate of drug-likeness (QED) is 0.270. The Bertz CT molecular complexity index is 1850. The summed E-state index contributed by atoms with van der Waals surface area (Å²) in [5, 5.41) is 15.2. The molecule has 0 aliphatic carbocycles. The number of thiazole rings is 1. The van der Waals surface area contributed by atoms with E-state index in [1.165, 1.54) is 16.5 Å². The Hall–Kier alpha value is -4.32. The SMILES string of the molecule is COc1ccc(-n2ccc3c(=O)n(CC4(O)CCN(C(=O)[C@@H]5CCN(Cc6nccs6)C[C@H]5c5ccccc5)CC4)cnc32)cc1. The second kappa shape index (κ2) is 12.8. The molecule has 1 N–H and O–H groups in total. The van der Waals surface area contributed by atoms with E-state index in [4.69, 9.17) is 4.74 Å². The van der Waals surface area contributed by atoms with Crippen molar-refractivity contribution in [2.24, 2.45) is 5.92 Å². The maximum absolute atomic E-state index is 14.0. The fraction of sp³-hybridized carbons (Fsp3) is 0.371. The summed E-state index contributed by atoms with van der Waals surface area (Å²) in [6, 6.07) is 19.7. The van der Waals surface area contributed by atoms with Gasteiger partial charge < -0.3 is 19.3 Å². The van der Waals surface area contributed by atoms with Crippen LogP contribution < -0.4 is 10.3 Å². The number of piperidine rings is 2. The normalized spacial score (nSPS) is 20.2. The molecule has 10 nitrogen and oxygen atoms in total. The summed E-state index contributed by atoms with van der Waals surface area (Å²) in [7, 11) is 1.62. The topological polar surface area (TPSA) is 106 Å². The van der Waals surface area contributed by atoms with Gasteiger partial charge >= 0.3 is 0 Å². The minimum atomic E-state index is -1.11. The predicted octanol–water partition coefficient (Wildman–Crippen LogP) is 4.31. The molecule has 2 saturated heterocycles. The van der Waals surface area contributed by atoms with Crippen LogP contribution in [0, 0.1) is 5.92 Å². The second-order valence-electron chi connectivity index (χ2n) is 12.4. The number of likely N-dealkylation sites (tertiary alicyclic amines) is 2. The first-order valence-corrected chi connectivity index (χ1v) is 16.7. The molecule has 0 saturated carbocycles. The Morgan fingerprint density at radius 2 is 1.83 bits per heavy atom. The molecule has 0 unspecified atom stereocenters. The summed E-state index contributed by atoms with van der Waals surface area (Å²) in [6.07, 6.45) is 6.76. The van der Waals surface area contributed by atoms with Crippen molar-refractivity contribution in [3.8, 4) is 11.4 Å². The average Bonchev–Trinajstić information content (AvgIpc) is 3.77. The van der Waals surface area contributed by atoms with Gasteiger partial charge in [-0.05, 0) is 61.7 Å². The lowest BCUT2D eigenvalue weighted by Crippen LogP contribution is -2.53. The number of aliphatic hydroxyl groups is 1. The molecule has 46 heavy (non-hydrogen) atoms. The molecule has 238 valence electrons. The molecule has 2 aliphatic heterocycles. The van der Waals surface area contributed by atoms with Crippen molar-refractivity contribution in [1.29, 1.82) is 0 Å². The van der Waals surface area contributed by atoms with Crippen LogP contribution in [0.3, 0.4) is 0 Å². The van der Waals surface area contributed by atoms with E-state index in [9.17, 15) is 14.7 Å². The first kappa shape index (κ1) is 30.3. The van der Waals surface area contributed by atoms with E-state index in [2.05, 4.69) is 27.0 Å². The highest BCUT2D eigenvalue weighted by Crippen LogP contribution is 2.36. The molecule has 11 heteroatoms. The predicted molar refractivity (Wildman–Crippen MR) is 177 cm³/mol. The number of aromatic nitrogens is 4. The molecule has 5 heterocycles. The standard InChI is InChI=1S/C35H38N6O4S/c1-45-27-9-7-26(8-10-27)41-17-12-29-32(41)37-24-40(34(29)43)23-35(44)13-18-39(19-14-35)33(42)28-11-16-38(22-31-36-15-20-46-31)21-30(28)25-5-3-2-4-6-25/h2-10,12,15,17,20,24,28,30,44H,11,13-14,16,18-19,21-23H2,1H3/t28-,30+/m1/s1. The van der Waals surface area contributed by atoms with Crippen LogP contribution in [0.2, 0.25) is 0 Å². The summed E-state index contributed by atoms with van der Waals surface area (Å²) in [5.74, 6) is 0.875. The van der Waals surface area contributed by atoms with Gasteiger partial charge in [-0.3, -0.25) is 19.1 Å². The zero-order chi connectivity index (χ0) is 31.7. The van der Waals surface area contributed by atoms with Crippen molar-refractivity contribution in [1.82, 2.24) is 28.9 Å². The van der Waals surface area contributed by atoms with Crippen LogP contribution in [0.1, 0.15) is 35.8 Å². The van der Waals surface area contributed by atoms with Crippen molar-refractivity contribution in [2.45, 2.75) is 43.9 Å². The molecule has 0 spiro atoms. The molecular weight excluding hydrogens is 600 g/mol. The molecular formula is C35H38N6O4S. The van der Waals surface area contributed by atoms with Crippen molar-refractivity contribution in [3.63, 3.8) is 0 Å². The van der Waals surface area contributed by atoms with Gasteiger partial charge in [0.15, 0.2) is 5.65 Å². The van der Waals surface area contributed by atoms with Crippen LogP contribution >= 0.6 is 11.3 Å². The lowest BCUT2D eigenvalue weighted by molar-refractivity contribution is -0.142. The van der Waals surface area contributed by atoms with E-state index in [1.54, 1.807) is 24.5 Å². The van der Waals surface area contributed by atoms with Gasteiger partial charge in [-0.15, -0.1) is 11.3 Å².